The second-order valence-corrected chi connectivity index (χ2v) is 15.8. The zero-order valence-corrected chi connectivity index (χ0v) is 36.0. The summed E-state index contributed by atoms with van der Waals surface area (Å²) in [6.45, 7) is 8.68. The van der Waals surface area contributed by atoms with Gasteiger partial charge in [-0.05, 0) is 97.8 Å². The SMILES string of the molecule is CCCCCCCC/C=C\CCCCCCCCOC(=O)CCN(CCCN(C)C)CCC(=O)OCCCCCCCC/C=C\CCCCCCCC. The van der Waals surface area contributed by atoms with Gasteiger partial charge in [-0.1, -0.05) is 154 Å². The molecule has 0 radical (unpaired) electrons. The highest BCUT2D eigenvalue weighted by Crippen LogP contribution is 2.12. The van der Waals surface area contributed by atoms with Crippen LogP contribution in [-0.2, 0) is 19.1 Å². The number of ether oxygens (including phenoxy) is 2. The summed E-state index contributed by atoms with van der Waals surface area (Å²) in [5, 5.41) is 0. The number of hydrogen-bond donors (Lipinski definition) is 0. The molecule has 0 saturated carbocycles. The van der Waals surface area contributed by atoms with Gasteiger partial charge in [-0.15, -0.1) is 0 Å². The summed E-state index contributed by atoms with van der Waals surface area (Å²) in [5.41, 5.74) is 0. The Bertz CT molecular complexity index is 767. The van der Waals surface area contributed by atoms with Crippen molar-refractivity contribution < 1.29 is 19.1 Å². The number of carbonyl (C=O) groups excluding carboxylic acids is 2. The summed E-state index contributed by atoms with van der Waals surface area (Å²) in [7, 11) is 4.15. The van der Waals surface area contributed by atoms with Gasteiger partial charge in [0.1, 0.15) is 0 Å². The van der Waals surface area contributed by atoms with Crippen LogP contribution in [0.2, 0.25) is 0 Å². The van der Waals surface area contributed by atoms with Crippen molar-refractivity contribution >= 4 is 11.9 Å². The molecule has 0 unspecified atom stereocenters. The second kappa shape index (κ2) is 43.1. The van der Waals surface area contributed by atoms with Gasteiger partial charge in [-0.2, -0.15) is 0 Å². The van der Waals surface area contributed by atoms with Crippen molar-refractivity contribution in [2.24, 2.45) is 0 Å². The molecule has 0 aromatic rings. The molecule has 0 N–H and O–H groups in total. The molecule has 6 heteroatoms. The van der Waals surface area contributed by atoms with E-state index in [1.807, 2.05) is 0 Å². The summed E-state index contributed by atoms with van der Waals surface area (Å²) < 4.78 is 11.1. The molecule has 0 amide bonds. The Morgan fingerprint density at radius 2 is 0.717 bits per heavy atom. The Morgan fingerprint density at radius 3 is 1.06 bits per heavy atom. The number of nitrogens with zero attached hydrogens (tertiary/aromatic N) is 2. The molecule has 0 saturated heterocycles. The maximum Gasteiger partial charge on any atom is 0.307 e. The van der Waals surface area contributed by atoms with Crippen LogP contribution in [0.3, 0.4) is 0 Å². The van der Waals surface area contributed by atoms with Crippen LogP contribution < -0.4 is 0 Å². The van der Waals surface area contributed by atoms with Crippen molar-refractivity contribution in [1.82, 2.24) is 9.80 Å². The van der Waals surface area contributed by atoms with E-state index in [0.29, 0.717) is 39.1 Å². The Morgan fingerprint density at radius 1 is 0.396 bits per heavy atom. The number of unbranched alkanes of at least 4 members (excludes halogenated alkanes) is 24. The monoisotopic (exact) mass is 747 g/mol. The summed E-state index contributed by atoms with van der Waals surface area (Å²) in [6.07, 6.45) is 46.9. The third-order valence-electron chi connectivity index (χ3n) is 10.2. The molecule has 0 aliphatic carbocycles. The lowest BCUT2D eigenvalue weighted by atomic mass is 10.1. The van der Waals surface area contributed by atoms with Gasteiger partial charge in [0, 0.05) is 13.1 Å². The first-order chi connectivity index (χ1) is 26.0. The molecule has 53 heavy (non-hydrogen) atoms. The molecule has 0 fully saturated rings. The molecule has 312 valence electrons. The zero-order chi connectivity index (χ0) is 38.7. The van der Waals surface area contributed by atoms with Crippen molar-refractivity contribution in [3.63, 3.8) is 0 Å². The minimum atomic E-state index is -0.127. The van der Waals surface area contributed by atoms with Gasteiger partial charge in [0.15, 0.2) is 0 Å². The molecule has 0 aliphatic rings. The Kier molecular flexibility index (Phi) is 41.7. The highest BCUT2D eigenvalue weighted by atomic mass is 16.5. The topological polar surface area (TPSA) is 59.1 Å². The number of carbonyl (C=O) groups is 2. The summed E-state index contributed by atoms with van der Waals surface area (Å²) >= 11 is 0. The van der Waals surface area contributed by atoms with E-state index in [1.54, 1.807) is 0 Å². The first kappa shape index (κ1) is 51.3. The van der Waals surface area contributed by atoms with E-state index in [4.69, 9.17) is 9.47 Å². The normalized spacial score (nSPS) is 11.9. The molecule has 0 aliphatic heterocycles. The fraction of sp³-hybridized carbons (Fsp3) is 0.872. The van der Waals surface area contributed by atoms with Gasteiger partial charge in [0.25, 0.3) is 0 Å². The predicted molar refractivity (Wildman–Crippen MR) is 230 cm³/mol. The van der Waals surface area contributed by atoms with E-state index < -0.39 is 0 Å². The van der Waals surface area contributed by atoms with Gasteiger partial charge in [-0.25, -0.2) is 0 Å². The van der Waals surface area contributed by atoms with Gasteiger partial charge in [0.05, 0.1) is 26.1 Å². The van der Waals surface area contributed by atoms with Crippen molar-refractivity contribution in [3.05, 3.63) is 24.3 Å². The minimum absolute atomic E-state index is 0.127. The first-order valence-corrected chi connectivity index (χ1v) is 23.0. The number of hydrogen-bond acceptors (Lipinski definition) is 6. The van der Waals surface area contributed by atoms with E-state index in [0.717, 1.165) is 45.2 Å². The third-order valence-corrected chi connectivity index (χ3v) is 10.2. The molecule has 6 nitrogen and oxygen atoms in total. The Balaban J connectivity index is 3.85. The second-order valence-electron chi connectivity index (χ2n) is 15.8. The standard InChI is InChI=1S/C47H90N2O4/c1-5-7-9-11-13-15-17-19-21-23-25-27-29-31-33-35-44-52-46(50)38-42-49(41-37-40-48(3)4)43-39-47(51)53-45-36-34-32-30-28-26-24-22-20-18-16-14-12-10-8-6-2/h19-22H,5-18,23-45H2,1-4H3/b21-19-,22-20-. The fourth-order valence-corrected chi connectivity index (χ4v) is 6.66. The van der Waals surface area contributed by atoms with E-state index in [9.17, 15) is 9.59 Å². The summed E-state index contributed by atoms with van der Waals surface area (Å²) in [4.78, 5) is 29.3. The van der Waals surface area contributed by atoms with Crippen LogP contribution in [0.4, 0.5) is 0 Å². The lowest BCUT2D eigenvalue weighted by Crippen LogP contribution is -2.32. The predicted octanol–water partition coefficient (Wildman–Crippen LogP) is 13.2. The number of allylic oxidation sites excluding steroid dienone is 4. The zero-order valence-electron chi connectivity index (χ0n) is 36.0. The van der Waals surface area contributed by atoms with E-state index in [1.165, 1.54) is 154 Å². The van der Waals surface area contributed by atoms with Crippen molar-refractivity contribution in [2.45, 2.75) is 213 Å². The number of rotatable bonds is 42. The molecule has 0 rings (SSSR count). The number of esters is 2. The van der Waals surface area contributed by atoms with Crippen LogP contribution >= 0.6 is 0 Å². The van der Waals surface area contributed by atoms with Gasteiger partial charge < -0.3 is 19.3 Å². The largest absolute Gasteiger partial charge is 0.466 e. The molecule has 0 spiro atoms. The van der Waals surface area contributed by atoms with E-state index in [-0.39, 0.29) is 11.9 Å². The van der Waals surface area contributed by atoms with Gasteiger partial charge in [-0.3, -0.25) is 9.59 Å². The Hall–Kier alpha value is -1.66. The highest BCUT2D eigenvalue weighted by Gasteiger charge is 2.12. The molecular weight excluding hydrogens is 657 g/mol. The van der Waals surface area contributed by atoms with Crippen molar-refractivity contribution in [2.75, 3.05) is 53.5 Å². The maximum absolute atomic E-state index is 12.5. The molecular formula is C47H90N2O4. The summed E-state index contributed by atoms with van der Waals surface area (Å²) in [5.74, 6) is -0.254. The Labute approximate surface area is 330 Å². The first-order valence-electron chi connectivity index (χ1n) is 23.0. The van der Waals surface area contributed by atoms with Gasteiger partial charge >= 0.3 is 11.9 Å². The van der Waals surface area contributed by atoms with Crippen LogP contribution in [-0.4, -0.2) is 75.2 Å². The summed E-state index contributed by atoms with van der Waals surface area (Å²) in [6, 6.07) is 0. The molecule has 0 bridgehead atoms. The molecule has 0 heterocycles. The average molecular weight is 747 g/mol. The van der Waals surface area contributed by atoms with Crippen LogP contribution in [0.15, 0.2) is 24.3 Å². The average Bonchev–Trinajstić information content (AvgIpc) is 3.14. The van der Waals surface area contributed by atoms with Gasteiger partial charge in [0.2, 0.25) is 0 Å². The molecule has 0 aromatic carbocycles. The quantitative estimate of drug-likeness (QED) is 0.0352. The maximum atomic E-state index is 12.5. The van der Waals surface area contributed by atoms with Crippen molar-refractivity contribution in [3.8, 4) is 0 Å². The van der Waals surface area contributed by atoms with E-state index >= 15 is 0 Å². The van der Waals surface area contributed by atoms with Crippen LogP contribution in [0.5, 0.6) is 0 Å². The van der Waals surface area contributed by atoms with E-state index in [2.05, 4.69) is 62.0 Å². The molecule has 0 atom stereocenters. The lowest BCUT2D eigenvalue weighted by Gasteiger charge is -2.22. The lowest BCUT2D eigenvalue weighted by molar-refractivity contribution is -0.144. The third kappa shape index (κ3) is 42.9. The minimum Gasteiger partial charge on any atom is -0.466 e. The van der Waals surface area contributed by atoms with Crippen LogP contribution in [0, 0.1) is 0 Å². The van der Waals surface area contributed by atoms with Crippen LogP contribution in [0.25, 0.3) is 0 Å². The fourth-order valence-electron chi connectivity index (χ4n) is 6.66. The highest BCUT2D eigenvalue weighted by molar-refractivity contribution is 5.70. The smallest absolute Gasteiger partial charge is 0.307 e. The van der Waals surface area contributed by atoms with Crippen LogP contribution in [0.1, 0.15) is 213 Å². The van der Waals surface area contributed by atoms with Crippen molar-refractivity contribution in [1.29, 1.82) is 0 Å². The molecule has 0 aromatic heterocycles.